The van der Waals surface area contributed by atoms with Crippen LogP contribution in [-0.4, -0.2) is 53.2 Å². The van der Waals surface area contributed by atoms with Crippen molar-refractivity contribution in [2.24, 2.45) is 0 Å². The molecule has 2 N–H and O–H groups in total. The van der Waals surface area contributed by atoms with Gasteiger partial charge in [-0.05, 0) is 13.0 Å². The van der Waals surface area contributed by atoms with Crippen molar-refractivity contribution >= 4 is 17.4 Å². The molecule has 0 spiro atoms. The summed E-state index contributed by atoms with van der Waals surface area (Å²) >= 11 is 0. The van der Waals surface area contributed by atoms with Crippen molar-refractivity contribution in [2.45, 2.75) is 6.92 Å². The lowest BCUT2D eigenvalue weighted by Crippen LogP contribution is -2.43. The number of nitrogens with one attached hydrogen (secondary N) is 2. The minimum atomic E-state index is -0.132. The summed E-state index contributed by atoms with van der Waals surface area (Å²) in [6, 6.07) is 1.94. The molecule has 1 aliphatic heterocycles. The van der Waals surface area contributed by atoms with Crippen molar-refractivity contribution in [1.29, 1.82) is 0 Å². The molecule has 2 aromatic heterocycles. The molecule has 20 heavy (non-hydrogen) atoms. The summed E-state index contributed by atoms with van der Waals surface area (Å²) < 4.78 is 1.64. The molecule has 0 saturated carbocycles. The Labute approximate surface area is 117 Å². The van der Waals surface area contributed by atoms with Gasteiger partial charge in [0.05, 0.1) is 6.20 Å². The lowest BCUT2D eigenvalue weighted by Gasteiger charge is -2.28. The van der Waals surface area contributed by atoms with Crippen molar-refractivity contribution in [1.82, 2.24) is 25.2 Å². The minimum absolute atomic E-state index is 0.132. The Hall–Kier alpha value is -2.15. The first-order chi connectivity index (χ1) is 9.79. The number of hydrogen-bond donors (Lipinski definition) is 2. The van der Waals surface area contributed by atoms with Crippen molar-refractivity contribution in [3.63, 3.8) is 0 Å². The van der Waals surface area contributed by atoms with Crippen LogP contribution in [0.25, 0.3) is 5.65 Å². The summed E-state index contributed by atoms with van der Waals surface area (Å²) in [6.07, 6.45) is 3.41. The number of anilines is 1. The smallest absolute Gasteiger partial charge is 0.256 e. The van der Waals surface area contributed by atoms with Crippen LogP contribution < -0.4 is 15.5 Å². The van der Waals surface area contributed by atoms with Crippen molar-refractivity contribution in [3.8, 4) is 0 Å². The zero-order valence-electron chi connectivity index (χ0n) is 11.5. The minimum Gasteiger partial charge on any atom is -0.354 e. The van der Waals surface area contributed by atoms with Gasteiger partial charge in [0, 0.05) is 38.9 Å². The summed E-state index contributed by atoms with van der Waals surface area (Å²) in [5, 5.41) is 10.3. The van der Waals surface area contributed by atoms with Crippen LogP contribution in [-0.2, 0) is 0 Å². The Bertz CT molecular complexity index is 616. The third kappa shape index (κ3) is 2.32. The maximum atomic E-state index is 12.0. The second kappa shape index (κ2) is 5.46. The van der Waals surface area contributed by atoms with Crippen LogP contribution >= 0.6 is 0 Å². The normalized spacial score (nSPS) is 15.6. The predicted molar refractivity (Wildman–Crippen MR) is 76.1 cm³/mol. The molecule has 0 unspecified atom stereocenters. The first-order valence-electron chi connectivity index (χ1n) is 6.88. The second-order valence-corrected chi connectivity index (χ2v) is 4.71. The van der Waals surface area contributed by atoms with Gasteiger partial charge in [0.25, 0.3) is 5.91 Å². The number of hydrogen-bond acceptors (Lipinski definition) is 5. The van der Waals surface area contributed by atoms with E-state index in [1.54, 1.807) is 10.7 Å². The summed E-state index contributed by atoms with van der Waals surface area (Å²) in [6.45, 7) is 6.24. The first kappa shape index (κ1) is 12.9. The van der Waals surface area contributed by atoms with Crippen LogP contribution in [0.15, 0.2) is 18.5 Å². The van der Waals surface area contributed by atoms with E-state index in [-0.39, 0.29) is 5.91 Å². The highest BCUT2D eigenvalue weighted by molar-refractivity contribution is 5.99. The number of piperazine rings is 1. The number of carbonyl (C=O) groups excluding carboxylic acids is 1. The summed E-state index contributed by atoms with van der Waals surface area (Å²) in [5.41, 5.74) is 1.12. The molecule has 1 aliphatic rings. The molecule has 3 heterocycles. The monoisotopic (exact) mass is 274 g/mol. The highest BCUT2D eigenvalue weighted by atomic mass is 16.1. The molecule has 0 atom stereocenters. The number of carbonyl (C=O) groups is 1. The van der Waals surface area contributed by atoms with E-state index in [0.29, 0.717) is 17.8 Å². The molecule has 0 radical (unpaired) electrons. The number of aromatic nitrogens is 3. The van der Waals surface area contributed by atoms with E-state index in [1.807, 2.05) is 19.2 Å². The molecule has 1 amide bonds. The Morgan fingerprint density at radius 3 is 3.00 bits per heavy atom. The Morgan fingerprint density at radius 1 is 1.45 bits per heavy atom. The number of amides is 1. The molecule has 7 nitrogen and oxygen atoms in total. The predicted octanol–water partition coefficient (Wildman–Crippen LogP) is -0.111. The fourth-order valence-corrected chi connectivity index (χ4v) is 2.35. The average Bonchev–Trinajstić information content (AvgIpc) is 2.91. The van der Waals surface area contributed by atoms with E-state index in [2.05, 4.69) is 25.6 Å². The van der Waals surface area contributed by atoms with Gasteiger partial charge in [-0.1, -0.05) is 0 Å². The largest absolute Gasteiger partial charge is 0.354 e. The standard InChI is InChI=1S/C13H18N6O/c1-2-15-13(20)10-9-16-19-6-3-11(17-12(10)19)18-7-4-14-5-8-18/h3,6,9,14H,2,4-5,7-8H2,1H3,(H,15,20). The molecular formula is C13H18N6O. The molecule has 2 aromatic rings. The van der Waals surface area contributed by atoms with Gasteiger partial charge in [-0.3, -0.25) is 4.79 Å². The van der Waals surface area contributed by atoms with E-state index in [0.717, 1.165) is 32.0 Å². The third-order valence-corrected chi connectivity index (χ3v) is 3.38. The summed E-state index contributed by atoms with van der Waals surface area (Å²) in [7, 11) is 0. The molecule has 0 bridgehead atoms. The van der Waals surface area contributed by atoms with Gasteiger partial charge in [0.2, 0.25) is 0 Å². The van der Waals surface area contributed by atoms with Crippen LogP contribution in [0.3, 0.4) is 0 Å². The number of rotatable bonds is 3. The fourth-order valence-electron chi connectivity index (χ4n) is 2.35. The molecule has 3 rings (SSSR count). The van der Waals surface area contributed by atoms with Gasteiger partial charge in [-0.25, -0.2) is 9.50 Å². The van der Waals surface area contributed by atoms with Crippen LogP contribution in [0.4, 0.5) is 5.82 Å². The van der Waals surface area contributed by atoms with Gasteiger partial charge < -0.3 is 15.5 Å². The Morgan fingerprint density at radius 2 is 2.25 bits per heavy atom. The first-order valence-corrected chi connectivity index (χ1v) is 6.88. The van der Waals surface area contributed by atoms with Gasteiger partial charge in [-0.2, -0.15) is 5.10 Å². The van der Waals surface area contributed by atoms with Crippen molar-refractivity contribution < 1.29 is 4.79 Å². The maximum absolute atomic E-state index is 12.0. The molecule has 7 heteroatoms. The van der Waals surface area contributed by atoms with Crippen LogP contribution in [0.2, 0.25) is 0 Å². The van der Waals surface area contributed by atoms with Gasteiger partial charge >= 0.3 is 0 Å². The molecular weight excluding hydrogens is 256 g/mol. The zero-order valence-corrected chi connectivity index (χ0v) is 11.5. The van der Waals surface area contributed by atoms with E-state index < -0.39 is 0 Å². The quantitative estimate of drug-likeness (QED) is 0.817. The average molecular weight is 274 g/mol. The summed E-state index contributed by atoms with van der Waals surface area (Å²) in [5.74, 6) is 0.762. The Balaban J connectivity index is 1.96. The van der Waals surface area contributed by atoms with E-state index in [4.69, 9.17) is 0 Å². The molecule has 1 saturated heterocycles. The van der Waals surface area contributed by atoms with Crippen LogP contribution in [0.5, 0.6) is 0 Å². The topological polar surface area (TPSA) is 74.6 Å². The number of fused-ring (bicyclic) bond motifs is 1. The van der Waals surface area contributed by atoms with E-state index in [9.17, 15) is 4.79 Å². The SMILES string of the molecule is CCNC(=O)c1cnn2ccc(N3CCNCC3)nc12. The molecule has 0 aromatic carbocycles. The highest BCUT2D eigenvalue weighted by Gasteiger charge is 2.16. The van der Waals surface area contributed by atoms with Gasteiger partial charge in [0.1, 0.15) is 11.4 Å². The zero-order chi connectivity index (χ0) is 13.9. The maximum Gasteiger partial charge on any atom is 0.256 e. The molecule has 0 aliphatic carbocycles. The van der Waals surface area contributed by atoms with Gasteiger partial charge in [0.15, 0.2) is 5.65 Å². The van der Waals surface area contributed by atoms with E-state index >= 15 is 0 Å². The lowest BCUT2D eigenvalue weighted by molar-refractivity contribution is 0.0957. The molecule has 1 fully saturated rings. The van der Waals surface area contributed by atoms with E-state index in [1.165, 1.54) is 0 Å². The van der Waals surface area contributed by atoms with Crippen LogP contribution in [0.1, 0.15) is 17.3 Å². The van der Waals surface area contributed by atoms with Crippen molar-refractivity contribution in [2.75, 3.05) is 37.6 Å². The third-order valence-electron chi connectivity index (χ3n) is 3.38. The van der Waals surface area contributed by atoms with Crippen LogP contribution in [0, 0.1) is 0 Å². The van der Waals surface area contributed by atoms with Crippen molar-refractivity contribution in [3.05, 3.63) is 24.0 Å². The van der Waals surface area contributed by atoms with Gasteiger partial charge in [-0.15, -0.1) is 0 Å². The second-order valence-electron chi connectivity index (χ2n) is 4.71. The summed E-state index contributed by atoms with van der Waals surface area (Å²) in [4.78, 5) is 18.8. The Kier molecular flexibility index (Phi) is 3.51. The lowest BCUT2D eigenvalue weighted by atomic mass is 10.3. The fraction of sp³-hybridized carbons (Fsp3) is 0.462. The highest BCUT2D eigenvalue weighted by Crippen LogP contribution is 2.15. The number of nitrogens with zero attached hydrogens (tertiary/aromatic N) is 4. The molecule has 106 valence electrons.